The number of aliphatic hydroxyl groups excluding tert-OH is 1. The average molecular weight is 310 g/mol. The summed E-state index contributed by atoms with van der Waals surface area (Å²) in [6.45, 7) is 6.04. The van der Waals surface area contributed by atoms with E-state index in [1.165, 1.54) is 24.3 Å². The van der Waals surface area contributed by atoms with E-state index in [1.807, 2.05) is 6.92 Å². The quantitative estimate of drug-likeness (QED) is 0.851. The molecule has 2 rings (SSSR count). The molecule has 1 aliphatic heterocycles. The van der Waals surface area contributed by atoms with Gasteiger partial charge in [0.25, 0.3) is 5.91 Å². The summed E-state index contributed by atoms with van der Waals surface area (Å²) >= 11 is 0. The van der Waals surface area contributed by atoms with Crippen molar-refractivity contribution in [2.45, 2.75) is 13.0 Å². The fourth-order valence-electron chi connectivity index (χ4n) is 2.51. The highest BCUT2D eigenvalue weighted by molar-refractivity contribution is 5.94. The topological polar surface area (TPSA) is 53.0 Å². The zero-order valence-corrected chi connectivity index (χ0v) is 12.9. The third kappa shape index (κ3) is 4.76. The van der Waals surface area contributed by atoms with Crippen LogP contribution < -0.4 is 0 Å². The molecule has 0 bridgehead atoms. The van der Waals surface area contributed by atoms with Crippen molar-refractivity contribution in [2.24, 2.45) is 0 Å². The molecule has 1 aromatic carbocycles. The lowest BCUT2D eigenvalue weighted by Gasteiger charge is -2.35. The number of amides is 1. The van der Waals surface area contributed by atoms with Crippen LogP contribution in [-0.4, -0.2) is 72.9 Å². The number of benzene rings is 1. The van der Waals surface area contributed by atoms with Crippen molar-refractivity contribution >= 4 is 5.91 Å². The first-order chi connectivity index (χ1) is 10.6. The summed E-state index contributed by atoms with van der Waals surface area (Å²) < 4.78 is 18.1. The number of halogens is 1. The summed E-state index contributed by atoms with van der Waals surface area (Å²) in [6, 6.07) is 5.62. The molecule has 22 heavy (non-hydrogen) atoms. The van der Waals surface area contributed by atoms with Gasteiger partial charge in [-0.15, -0.1) is 0 Å². The normalized spacial score (nSPS) is 17.5. The summed E-state index contributed by atoms with van der Waals surface area (Å²) in [6.07, 6.45) is -0.501. The van der Waals surface area contributed by atoms with Crippen molar-refractivity contribution in [3.05, 3.63) is 35.6 Å². The van der Waals surface area contributed by atoms with E-state index >= 15 is 0 Å². The van der Waals surface area contributed by atoms with E-state index in [0.717, 1.165) is 13.1 Å². The van der Waals surface area contributed by atoms with Crippen LogP contribution in [0.15, 0.2) is 24.3 Å². The standard InChI is InChI=1S/C16H23FN2O3/c1-2-22-12-15(20)11-18-7-9-19(10-8-18)16(21)13-3-5-14(17)6-4-13/h3-6,15,20H,2,7-12H2,1H3/t15-/m1/s1. The number of rotatable bonds is 6. The van der Waals surface area contributed by atoms with Gasteiger partial charge < -0.3 is 14.7 Å². The minimum absolute atomic E-state index is 0.0745. The van der Waals surface area contributed by atoms with Gasteiger partial charge >= 0.3 is 0 Å². The van der Waals surface area contributed by atoms with Crippen LogP contribution in [0.2, 0.25) is 0 Å². The summed E-state index contributed by atoms with van der Waals surface area (Å²) in [5.74, 6) is -0.417. The predicted octanol–water partition coefficient (Wildman–Crippen LogP) is 0.981. The summed E-state index contributed by atoms with van der Waals surface area (Å²) in [5, 5.41) is 9.83. The fraction of sp³-hybridized carbons (Fsp3) is 0.562. The van der Waals surface area contributed by atoms with E-state index in [-0.39, 0.29) is 11.7 Å². The van der Waals surface area contributed by atoms with E-state index < -0.39 is 6.10 Å². The Balaban J connectivity index is 1.79. The van der Waals surface area contributed by atoms with Gasteiger partial charge in [0.2, 0.25) is 0 Å². The second-order valence-electron chi connectivity index (χ2n) is 5.41. The van der Waals surface area contributed by atoms with Gasteiger partial charge in [-0.1, -0.05) is 0 Å². The molecule has 1 N–H and O–H groups in total. The Morgan fingerprint density at radius 2 is 1.91 bits per heavy atom. The van der Waals surface area contributed by atoms with Crippen molar-refractivity contribution < 1.29 is 19.0 Å². The Morgan fingerprint density at radius 1 is 1.27 bits per heavy atom. The highest BCUT2D eigenvalue weighted by Gasteiger charge is 2.23. The monoisotopic (exact) mass is 310 g/mol. The molecule has 1 fully saturated rings. The maximum atomic E-state index is 12.9. The summed E-state index contributed by atoms with van der Waals surface area (Å²) in [5.41, 5.74) is 0.506. The first-order valence-electron chi connectivity index (χ1n) is 7.63. The number of ether oxygens (including phenoxy) is 1. The molecule has 6 heteroatoms. The van der Waals surface area contributed by atoms with Gasteiger partial charge in [-0.3, -0.25) is 9.69 Å². The summed E-state index contributed by atoms with van der Waals surface area (Å²) in [7, 11) is 0. The number of aliphatic hydroxyl groups is 1. The molecule has 122 valence electrons. The van der Waals surface area contributed by atoms with Crippen molar-refractivity contribution in [3.8, 4) is 0 Å². The maximum absolute atomic E-state index is 12.9. The lowest BCUT2D eigenvalue weighted by Crippen LogP contribution is -2.50. The lowest BCUT2D eigenvalue weighted by atomic mass is 10.1. The minimum Gasteiger partial charge on any atom is -0.389 e. The Labute approximate surface area is 130 Å². The molecule has 1 saturated heterocycles. The third-order valence-corrected chi connectivity index (χ3v) is 3.73. The average Bonchev–Trinajstić information content (AvgIpc) is 2.54. The predicted molar refractivity (Wildman–Crippen MR) is 81.2 cm³/mol. The molecule has 0 radical (unpaired) electrons. The molecular weight excluding hydrogens is 287 g/mol. The Kier molecular flexibility index (Phi) is 6.30. The van der Waals surface area contributed by atoms with Gasteiger partial charge in [0, 0.05) is 44.9 Å². The van der Waals surface area contributed by atoms with E-state index in [2.05, 4.69) is 4.90 Å². The van der Waals surface area contributed by atoms with E-state index in [4.69, 9.17) is 4.74 Å². The molecular formula is C16H23FN2O3. The molecule has 0 aromatic heterocycles. The van der Waals surface area contributed by atoms with Crippen LogP contribution >= 0.6 is 0 Å². The van der Waals surface area contributed by atoms with E-state index in [1.54, 1.807) is 4.90 Å². The first-order valence-corrected chi connectivity index (χ1v) is 7.63. The molecule has 5 nitrogen and oxygen atoms in total. The van der Waals surface area contributed by atoms with Crippen molar-refractivity contribution in [1.29, 1.82) is 0 Å². The zero-order valence-electron chi connectivity index (χ0n) is 12.9. The smallest absolute Gasteiger partial charge is 0.253 e. The second kappa shape index (κ2) is 8.22. The first kappa shape index (κ1) is 16.9. The second-order valence-corrected chi connectivity index (χ2v) is 5.41. The molecule has 1 amide bonds. The number of hydrogen-bond donors (Lipinski definition) is 1. The van der Waals surface area contributed by atoms with Crippen LogP contribution in [0.1, 0.15) is 17.3 Å². The van der Waals surface area contributed by atoms with Gasteiger partial charge in [0.15, 0.2) is 0 Å². The molecule has 0 aliphatic carbocycles. The number of hydrogen-bond acceptors (Lipinski definition) is 4. The Morgan fingerprint density at radius 3 is 2.50 bits per heavy atom. The van der Waals surface area contributed by atoms with Crippen LogP contribution in [-0.2, 0) is 4.74 Å². The van der Waals surface area contributed by atoms with Crippen LogP contribution in [0, 0.1) is 5.82 Å². The number of piperazine rings is 1. The maximum Gasteiger partial charge on any atom is 0.253 e. The van der Waals surface area contributed by atoms with Crippen LogP contribution in [0.3, 0.4) is 0 Å². The summed E-state index contributed by atoms with van der Waals surface area (Å²) in [4.78, 5) is 16.2. The van der Waals surface area contributed by atoms with Crippen molar-refractivity contribution in [3.63, 3.8) is 0 Å². The Hall–Kier alpha value is -1.50. The highest BCUT2D eigenvalue weighted by Crippen LogP contribution is 2.10. The molecule has 1 heterocycles. The van der Waals surface area contributed by atoms with Gasteiger partial charge in [-0.25, -0.2) is 4.39 Å². The van der Waals surface area contributed by atoms with Crippen molar-refractivity contribution in [2.75, 3.05) is 45.9 Å². The van der Waals surface area contributed by atoms with Gasteiger partial charge in [0.1, 0.15) is 5.82 Å². The molecule has 1 aromatic rings. The number of carbonyl (C=O) groups is 1. The highest BCUT2D eigenvalue weighted by atomic mass is 19.1. The Bertz CT molecular complexity index is 473. The fourth-order valence-corrected chi connectivity index (χ4v) is 2.51. The zero-order chi connectivity index (χ0) is 15.9. The van der Waals surface area contributed by atoms with Gasteiger partial charge in [0.05, 0.1) is 12.7 Å². The molecule has 0 spiro atoms. The van der Waals surface area contributed by atoms with Gasteiger partial charge in [-0.2, -0.15) is 0 Å². The largest absolute Gasteiger partial charge is 0.389 e. The van der Waals surface area contributed by atoms with Crippen LogP contribution in [0.25, 0.3) is 0 Å². The SMILES string of the molecule is CCOC[C@H](O)CN1CCN(C(=O)c2ccc(F)cc2)CC1. The number of carbonyl (C=O) groups excluding carboxylic acids is 1. The van der Waals surface area contributed by atoms with Gasteiger partial charge in [-0.05, 0) is 31.2 Å². The van der Waals surface area contributed by atoms with E-state index in [0.29, 0.717) is 38.4 Å². The third-order valence-electron chi connectivity index (χ3n) is 3.73. The van der Waals surface area contributed by atoms with E-state index in [9.17, 15) is 14.3 Å². The molecule has 0 unspecified atom stereocenters. The minimum atomic E-state index is -0.501. The number of nitrogens with zero attached hydrogens (tertiary/aromatic N) is 2. The van der Waals surface area contributed by atoms with Crippen LogP contribution in [0.5, 0.6) is 0 Å². The molecule has 1 aliphatic rings. The number of β-amino-alcohol motifs (C(OH)–C–C–N with tert-alkyl or cyclic N) is 1. The lowest BCUT2D eigenvalue weighted by molar-refractivity contribution is 0.0111. The van der Waals surface area contributed by atoms with Crippen molar-refractivity contribution in [1.82, 2.24) is 9.80 Å². The van der Waals surface area contributed by atoms with Crippen LogP contribution in [0.4, 0.5) is 4.39 Å². The molecule has 1 atom stereocenters. The molecule has 0 saturated carbocycles.